The van der Waals surface area contributed by atoms with E-state index in [2.05, 4.69) is 9.55 Å². The predicted molar refractivity (Wildman–Crippen MR) is 107 cm³/mol. The van der Waals surface area contributed by atoms with Gasteiger partial charge in [0.1, 0.15) is 11.8 Å². The van der Waals surface area contributed by atoms with Gasteiger partial charge in [0.25, 0.3) is 5.91 Å². The molecule has 0 saturated heterocycles. The van der Waals surface area contributed by atoms with Gasteiger partial charge >= 0.3 is 0 Å². The minimum absolute atomic E-state index is 0.0142. The highest BCUT2D eigenvalue weighted by atomic mass is 35.5. The largest absolute Gasteiger partial charge is 0.483 e. The molecule has 0 aliphatic carbocycles. The van der Waals surface area contributed by atoms with Crippen LogP contribution in [-0.4, -0.2) is 10.3 Å². The van der Waals surface area contributed by atoms with E-state index >= 15 is 0 Å². The van der Waals surface area contributed by atoms with Gasteiger partial charge in [0.05, 0.1) is 4.88 Å². The maximum atomic E-state index is 14.3. The van der Waals surface area contributed by atoms with E-state index in [1.165, 1.54) is 0 Å². The summed E-state index contributed by atoms with van der Waals surface area (Å²) in [7, 11) is 0. The van der Waals surface area contributed by atoms with E-state index < -0.39 is 23.3 Å². The number of aromatic nitrogens is 1. The second kappa shape index (κ2) is 9.39. The zero-order chi connectivity index (χ0) is 21.0. The number of hydrogen-bond acceptors (Lipinski definition) is 5. The van der Waals surface area contributed by atoms with Gasteiger partial charge < -0.3 is 4.74 Å². The standard InChI is InChI=1S/C19H12Cl2F2N2O3S/c20-12-4-2-11(3-5-12)18-13(19(21)25-29-18)9-28-17-14(22)7-10(8-15(17)23)1-6-16(26)24-27/h2-5,7-8H,1,6,9H2. The van der Waals surface area contributed by atoms with Gasteiger partial charge in [-0.25, -0.2) is 8.78 Å². The summed E-state index contributed by atoms with van der Waals surface area (Å²) >= 11 is 13.2. The molecule has 0 radical (unpaired) electrons. The Morgan fingerprint density at radius 2 is 1.79 bits per heavy atom. The first-order chi connectivity index (χ1) is 13.9. The lowest BCUT2D eigenvalue weighted by Gasteiger charge is -2.11. The van der Waals surface area contributed by atoms with Crippen LogP contribution < -0.4 is 4.74 Å². The van der Waals surface area contributed by atoms with Crippen LogP contribution in [0.15, 0.2) is 41.6 Å². The van der Waals surface area contributed by atoms with Crippen LogP contribution in [0.5, 0.6) is 5.75 Å². The third-order valence-corrected chi connectivity index (χ3v) is 5.60. The number of ether oxygens (including phenoxy) is 1. The van der Waals surface area contributed by atoms with Crippen molar-refractivity contribution >= 4 is 40.6 Å². The highest BCUT2D eigenvalue weighted by molar-refractivity contribution is 7.10. The Labute approximate surface area is 178 Å². The molecule has 3 aromatic rings. The number of halogens is 4. The van der Waals surface area contributed by atoms with Crippen molar-refractivity contribution in [1.29, 1.82) is 0 Å². The molecule has 5 nitrogen and oxygen atoms in total. The number of carbonyl (C=O) groups excluding carboxylic acids is 1. The van der Waals surface area contributed by atoms with Gasteiger partial charge in [0.2, 0.25) is 0 Å². The Hall–Kier alpha value is -2.42. The molecule has 10 heteroatoms. The molecule has 3 rings (SSSR count). The van der Waals surface area contributed by atoms with E-state index in [0.717, 1.165) is 29.2 Å². The fourth-order valence-electron chi connectivity index (χ4n) is 2.58. The number of carbonyl (C=O) groups is 1. The summed E-state index contributed by atoms with van der Waals surface area (Å²) in [6.45, 7) is -0.200. The normalized spacial score (nSPS) is 10.8. The van der Waals surface area contributed by atoms with Crippen LogP contribution in [0, 0.1) is 16.5 Å². The quantitative estimate of drug-likeness (QED) is 0.396. The minimum Gasteiger partial charge on any atom is -0.483 e. The first kappa shape index (κ1) is 21.3. The van der Waals surface area contributed by atoms with E-state index in [1.807, 2.05) is 0 Å². The molecule has 29 heavy (non-hydrogen) atoms. The predicted octanol–water partition coefficient (Wildman–Crippen LogP) is 6.20. The van der Waals surface area contributed by atoms with Gasteiger partial charge in [-0.15, -0.1) is 4.91 Å². The van der Waals surface area contributed by atoms with Crippen molar-refractivity contribution in [3.05, 3.63) is 74.2 Å². The molecule has 0 atom stereocenters. The molecule has 0 unspecified atom stereocenters. The summed E-state index contributed by atoms with van der Waals surface area (Å²) in [5.41, 5.74) is 1.49. The van der Waals surface area contributed by atoms with Crippen molar-refractivity contribution in [3.63, 3.8) is 0 Å². The average molecular weight is 457 g/mol. The maximum absolute atomic E-state index is 14.3. The fraction of sp³-hybridized carbons (Fsp3) is 0.158. The average Bonchev–Trinajstić information content (AvgIpc) is 3.06. The van der Waals surface area contributed by atoms with Gasteiger partial charge in [0, 0.05) is 22.2 Å². The summed E-state index contributed by atoms with van der Waals surface area (Å²) < 4.78 is 38.1. The first-order valence-corrected chi connectivity index (χ1v) is 9.79. The monoisotopic (exact) mass is 456 g/mol. The van der Waals surface area contributed by atoms with Crippen LogP contribution in [0.2, 0.25) is 10.2 Å². The Kier molecular flexibility index (Phi) is 6.89. The highest BCUT2D eigenvalue weighted by Crippen LogP contribution is 2.35. The lowest BCUT2D eigenvalue weighted by Crippen LogP contribution is -2.03. The van der Waals surface area contributed by atoms with Crippen LogP contribution in [0.1, 0.15) is 17.5 Å². The van der Waals surface area contributed by atoms with Gasteiger partial charge in [-0.2, -0.15) is 4.37 Å². The Morgan fingerprint density at radius 3 is 2.41 bits per heavy atom. The molecule has 1 amide bonds. The van der Waals surface area contributed by atoms with Crippen molar-refractivity contribution < 1.29 is 18.3 Å². The minimum atomic E-state index is -0.932. The Bertz CT molecular complexity index is 1040. The van der Waals surface area contributed by atoms with E-state index in [9.17, 15) is 18.5 Å². The smallest absolute Gasteiger partial charge is 0.286 e. The van der Waals surface area contributed by atoms with Crippen molar-refractivity contribution in [3.8, 4) is 16.2 Å². The third-order valence-electron chi connectivity index (χ3n) is 3.99. The van der Waals surface area contributed by atoms with E-state index in [4.69, 9.17) is 27.9 Å². The number of nitrogens with zero attached hydrogens (tertiary/aromatic N) is 2. The maximum Gasteiger partial charge on any atom is 0.286 e. The van der Waals surface area contributed by atoms with Crippen molar-refractivity contribution in [2.75, 3.05) is 0 Å². The summed E-state index contributed by atoms with van der Waals surface area (Å²) in [4.78, 5) is 21.7. The fourth-order valence-corrected chi connectivity index (χ4v) is 3.80. The van der Waals surface area contributed by atoms with Crippen molar-refractivity contribution in [2.45, 2.75) is 19.4 Å². The SMILES string of the molecule is O=NC(=O)CCc1cc(F)c(OCc2c(Cl)nsc2-c2ccc(Cl)cc2)c(F)c1. The molecule has 2 aromatic carbocycles. The molecule has 0 bridgehead atoms. The number of aryl methyl sites for hydroxylation is 1. The lowest BCUT2D eigenvalue weighted by atomic mass is 10.1. The van der Waals surface area contributed by atoms with Crippen LogP contribution in [0.25, 0.3) is 10.4 Å². The number of amides is 1. The lowest BCUT2D eigenvalue weighted by molar-refractivity contribution is -0.117. The molecular formula is C19H12Cl2F2N2O3S. The van der Waals surface area contributed by atoms with Crippen LogP contribution in [-0.2, 0) is 17.8 Å². The highest BCUT2D eigenvalue weighted by Gasteiger charge is 2.18. The molecule has 150 valence electrons. The zero-order valence-corrected chi connectivity index (χ0v) is 17.0. The second-order valence-electron chi connectivity index (χ2n) is 5.95. The molecule has 0 N–H and O–H groups in total. The summed E-state index contributed by atoms with van der Waals surface area (Å²) in [6.07, 6.45) is -0.247. The Balaban J connectivity index is 1.78. The van der Waals surface area contributed by atoms with E-state index in [0.29, 0.717) is 15.5 Å². The van der Waals surface area contributed by atoms with E-state index in [1.54, 1.807) is 24.3 Å². The first-order valence-electron chi connectivity index (χ1n) is 8.26. The summed E-state index contributed by atoms with van der Waals surface area (Å²) in [5, 5.41) is 2.99. The summed E-state index contributed by atoms with van der Waals surface area (Å²) in [6, 6.07) is 9.06. The molecule has 1 aromatic heterocycles. The van der Waals surface area contributed by atoms with Crippen LogP contribution in [0.3, 0.4) is 0 Å². The second-order valence-corrected chi connectivity index (χ2v) is 7.52. The molecule has 1 heterocycles. The molecule has 0 saturated carbocycles. The number of hydrogen-bond donors (Lipinski definition) is 0. The number of rotatable bonds is 7. The van der Waals surface area contributed by atoms with E-state index in [-0.39, 0.29) is 30.2 Å². The van der Waals surface area contributed by atoms with Crippen molar-refractivity contribution in [1.82, 2.24) is 4.37 Å². The van der Waals surface area contributed by atoms with Crippen LogP contribution >= 0.6 is 34.7 Å². The van der Waals surface area contributed by atoms with Gasteiger partial charge in [0.15, 0.2) is 17.4 Å². The Morgan fingerprint density at radius 1 is 1.14 bits per heavy atom. The molecular weight excluding hydrogens is 445 g/mol. The van der Waals surface area contributed by atoms with Gasteiger partial charge in [-0.1, -0.05) is 35.3 Å². The third kappa shape index (κ3) is 5.14. The van der Waals surface area contributed by atoms with Crippen molar-refractivity contribution in [2.24, 2.45) is 5.18 Å². The number of nitroso groups, excluding NO2 is 1. The van der Waals surface area contributed by atoms with Gasteiger partial charge in [-0.05, 0) is 53.3 Å². The molecule has 0 fully saturated rings. The van der Waals surface area contributed by atoms with Gasteiger partial charge in [-0.3, -0.25) is 4.79 Å². The molecule has 0 aliphatic rings. The van der Waals surface area contributed by atoms with Crippen LogP contribution in [0.4, 0.5) is 8.78 Å². The topological polar surface area (TPSA) is 68.6 Å². The summed E-state index contributed by atoms with van der Waals surface area (Å²) in [5.74, 6) is -3.32. The molecule has 0 aliphatic heterocycles. The zero-order valence-electron chi connectivity index (χ0n) is 14.6. The number of benzene rings is 2. The molecule has 0 spiro atoms.